The van der Waals surface area contributed by atoms with Gasteiger partial charge < -0.3 is 23.8 Å². The average Bonchev–Trinajstić information content (AvgIpc) is 2.70. The fraction of sp³-hybridized carbons (Fsp3) is 0.294. The van der Waals surface area contributed by atoms with Crippen molar-refractivity contribution in [3.05, 3.63) is 41.5 Å². The summed E-state index contributed by atoms with van der Waals surface area (Å²) in [6.07, 6.45) is 0. The molecule has 0 spiro atoms. The minimum absolute atomic E-state index is 0.0283. The summed E-state index contributed by atoms with van der Waals surface area (Å²) in [5, 5.41) is 3.94. The van der Waals surface area contributed by atoms with Crippen LogP contribution in [0.25, 0.3) is 0 Å². The van der Waals surface area contributed by atoms with Crippen molar-refractivity contribution in [1.29, 1.82) is 0 Å². The van der Waals surface area contributed by atoms with Gasteiger partial charge in [0.2, 0.25) is 11.8 Å². The Morgan fingerprint density at radius 3 is 2.15 bits per heavy atom. The number of carbonyl (C=O) groups excluding carboxylic acids is 1. The molecule has 0 aliphatic heterocycles. The second-order valence-corrected chi connectivity index (χ2v) is 4.78. The Labute approximate surface area is 150 Å². The predicted octanol–water partition coefficient (Wildman–Crippen LogP) is 1.71. The van der Waals surface area contributed by atoms with Crippen LogP contribution in [-0.4, -0.2) is 56.7 Å². The summed E-state index contributed by atoms with van der Waals surface area (Å²) in [7, 11) is 5.64. The van der Waals surface area contributed by atoms with Crippen LogP contribution >= 0.6 is 0 Å². The van der Waals surface area contributed by atoms with Crippen LogP contribution in [0.1, 0.15) is 15.9 Å². The summed E-state index contributed by atoms with van der Waals surface area (Å²) >= 11 is 0. The first-order valence-electron chi connectivity index (χ1n) is 7.50. The minimum atomic E-state index is -0.497. The topological polar surface area (TPSA) is 101 Å². The van der Waals surface area contributed by atoms with Crippen LogP contribution in [0, 0.1) is 0 Å². The highest BCUT2D eigenvalue weighted by atomic mass is 16.6. The lowest BCUT2D eigenvalue weighted by Crippen LogP contribution is -2.18. The zero-order valence-corrected chi connectivity index (χ0v) is 14.9. The SMILES string of the molecule is CO/N=C(/COc1nc(OC)cc(OC)n1)c1ccccc1C(=O)OC. The second-order valence-electron chi connectivity index (χ2n) is 4.78. The van der Waals surface area contributed by atoms with E-state index in [9.17, 15) is 4.79 Å². The highest BCUT2D eigenvalue weighted by Crippen LogP contribution is 2.19. The average molecular weight is 361 g/mol. The first-order chi connectivity index (χ1) is 12.6. The highest BCUT2D eigenvalue weighted by Gasteiger charge is 2.18. The molecule has 2 rings (SSSR count). The van der Waals surface area contributed by atoms with Crippen LogP contribution in [0.4, 0.5) is 0 Å². The molecule has 1 aromatic carbocycles. The molecule has 9 nitrogen and oxygen atoms in total. The molecule has 0 unspecified atom stereocenters. The molecule has 0 bridgehead atoms. The lowest BCUT2D eigenvalue weighted by molar-refractivity contribution is 0.0600. The molecule has 26 heavy (non-hydrogen) atoms. The maximum Gasteiger partial charge on any atom is 0.338 e. The maximum absolute atomic E-state index is 12.0. The van der Waals surface area contributed by atoms with E-state index in [1.807, 2.05) is 0 Å². The third kappa shape index (κ3) is 4.59. The zero-order valence-electron chi connectivity index (χ0n) is 14.9. The molecular weight excluding hydrogens is 342 g/mol. The first-order valence-corrected chi connectivity index (χ1v) is 7.50. The highest BCUT2D eigenvalue weighted by molar-refractivity contribution is 6.09. The van der Waals surface area contributed by atoms with Crippen LogP contribution in [0.15, 0.2) is 35.5 Å². The third-order valence-electron chi connectivity index (χ3n) is 3.26. The van der Waals surface area contributed by atoms with Gasteiger partial charge in [-0.05, 0) is 6.07 Å². The molecule has 2 aromatic rings. The number of benzene rings is 1. The largest absolute Gasteiger partial charge is 0.481 e. The monoisotopic (exact) mass is 361 g/mol. The second kappa shape index (κ2) is 9.21. The van der Waals surface area contributed by atoms with Crippen LogP contribution in [-0.2, 0) is 9.57 Å². The van der Waals surface area contributed by atoms with Gasteiger partial charge in [0.1, 0.15) is 19.4 Å². The molecule has 138 valence electrons. The zero-order chi connectivity index (χ0) is 18.9. The Morgan fingerprint density at radius 1 is 1.00 bits per heavy atom. The van der Waals surface area contributed by atoms with Crippen molar-refractivity contribution >= 4 is 11.7 Å². The Balaban J connectivity index is 2.28. The molecule has 0 atom stereocenters. The lowest BCUT2D eigenvalue weighted by Gasteiger charge is -2.11. The molecule has 9 heteroatoms. The Morgan fingerprint density at radius 2 is 1.62 bits per heavy atom. The summed E-state index contributed by atoms with van der Waals surface area (Å²) in [6.45, 7) is -0.0574. The van der Waals surface area contributed by atoms with E-state index in [0.29, 0.717) is 16.8 Å². The fourth-order valence-corrected chi connectivity index (χ4v) is 2.08. The molecule has 0 N–H and O–H groups in total. The van der Waals surface area contributed by atoms with Crippen LogP contribution in [0.2, 0.25) is 0 Å². The third-order valence-corrected chi connectivity index (χ3v) is 3.26. The van der Waals surface area contributed by atoms with Crippen molar-refractivity contribution in [2.75, 3.05) is 35.0 Å². The Hall–Kier alpha value is -3.36. The molecule has 0 saturated heterocycles. The van der Waals surface area contributed by atoms with E-state index in [4.69, 9.17) is 23.8 Å². The number of methoxy groups -OCH3 is 3. The van der Waals surface area contributed by atoms with E-state index in [1.54, 1.807) is 24.3 Å². The van der Waals surface area contributed by atoms with Crippen LogP contribution in [0.3, 0.4) is 0 Å². The number of hydrogen-bond acceptors (Lipinski definition) is 9. The van der Waals surface area contributed by atoms with Gasteiger partial charge in [0, 0.05) is 5.56 Å². The Kier molecular flexibility index (Phi) is 6.72. The summed E-state index contributed by atoms with van der Waals surface area (Å²) in [6, 6.07) is 8.36. The number of aromatic nitrogens is 2. The number of esters is 1. The van der Waals surface area contributed by atoms with E-state index >= 15 is 0 Å². The number of rotatable bonds is 8. The van der Waals surface area contributed by atoms with Crippen molar-refractivity contribution in [2.24, 2.45) is 5.16 Å². The van der Waals surface area contributed by atoms with E-state index < -0.39 is 5.97 Å². The maximum atomic E-state index is 12.0. The van der Waals surface area contributed by atoms with E-state index in [2.05, 4.69) is 15.1 Å². The lowest BCUT2D eigenvalue weighted by atomic mass is 10.0. The molecule has 0 radical (unpaired) electrons. The summed E-state index contributed by atoms with van der Waals surface area (Å²) in [4.78, 5) is 25.0. The van der Waals surface area contributed by atoms with Gasteiger partial charge >= 0.3 is 12.0 Å². The molecule has 0 aliphatic carbocycles. The fourth-order valence-electron chi connectivity index (χ4n) is 2.08. The van der Waals surface area contributed by atoms with Gasteiger partial charge in [-0.25, -0.2) is 4.79 Å². The molecule has 1 aromatic heterocycles. The van der Waals surface area contributed by atoms with Gasteiger partial charge in [-0.1, -0.05) is 23.4 Å². The standard InChI is InChI=1S/C17H19N3O6/c1-22-14-9-15(23-2)19-17(18-14)26-10-13(20-25-4)11-7-5-6-8-12(11)16(21)24-3/h5-9H,10H2,1-4H3/b20-13-. The number of oxime groups is 1. The number of hydrogen-bond donors (Lipinski definition) is 0. The molecular formula is C17H19N3O6. The molecule has 1 heterocycles. The van der Waals surface area contributed by atoms with Gasteiger partial charge in [0.25, 0.3) is 0 Å². The van der Waals surface area contributed by atoms with E-state index in [0.717, 1.165) is 0 Å². The van der Waals surface area contributed by atoms with Crippen molar-refractivity contribution < 1.29 is 28.6 Å². The van der Waals surface area contributed by atoms with Crippen molar-refractivity contribution in [3.8, 4) is 17.8 Å². The molecule has 0 amide bonds. The van der Waals surface area contributed by atoms with Gasteiger partial charge in [0.05, 0.1) is 33.0 Å². The van der Waals surface area contributed by atoms with Crippen molar-refractivity contribution in [3.63, 3.8) is 0 Å². The van der Waals surface area contributed by atoms with E-state index in [1.165, 1.54) is 34.5 Å². The van der Waals surface area contributed by atoms with Crippen molar-refractivity contribution in [1.82, 2.24) is 9.97 Å². The van der Waals surface area contributed by atoms with Gasteiger partial charge in [-0.2, -0.15) is 9.97 Å². The molecule has 0 aliphatic rings. The predicted molar refractivity (Wildman–Crippen MR) is 92.0 cm³/mol. The van der Waals surface area contributed by atoms with Crippen LogP contribution < -0.4 is 14.2 Å². The number of ether oxygens (including phenoxy) is 4. The minimum Gasteiger partial charge on any atom is -0.481 e. The Bertz CT molecular complexity index is 772. The quantitative estimate of drug-likeness (QED) is 0.398. The van der Waals surface area contributed by atoms with Crippen molar-refractivity contribution in [2.45, 2.75) is 0 Å². The van der Waals surface area contributed by atoms with Gasteiger partial charge in [-0.3, -0.25) is 0 Å². The summed E-state index contributed by atoms with van der Waals surface area (Å²) < 4.78 is 20.5. The van der Waals surface area contributed by atoms with Gasteiger partial charge in [-0.15, -0.1) is 0 Å². The summed E-state index contributed by atoms with van der Waals surface area (Å²) in [5.41, 5.74) is 1.20. The molecule has 0 fully saturated rings. The normalized spacial score (nSPS) is 10.8. The van der Waals surface area contributed by atoms with E-state index in [-0.39, 0.29) is 24.4 Å². The first kappa shape index (κ1) is 19.0. The van der Waals surface area contributed by atoms with Gasteiger partial charge in [0.15, 0.2) is 0 Å². The number of nitrogens with zero attached hydrogens (tertiary/aromatic N) is 3. The molecule has 0 saturated carbocycles. The van der Waals surface area contributed by atoms with Crippen LogP contribution in [0.5, 0.6) is 17.8 Å². The summed E-state index contributed by atoms with van der Waals surface area (Å²) in [5.74, 6) is 0.0720. The smallest absolute Gasteiger partial charge is 0.338 e. The number of carbonyl (C=O) groups is 1.